The molecule has 9 aromatic rings. The molecule has 0 spiro atoms. The van der Waals surface area contributed by atoms with Gasteiger partial charge in [-0.15, -0.1) is 0 Å². The molecule has 5 heteroatoms. The minimum atomic E-state index is -3.44. The fraction of sp³-hybridized carbons (Fsp3) is 0. The van der Waals surface area contributed by atoms with Crippen LogP contribution in [0, 0.1) is 0 Å². The monoisotopic (exact) mass is 699 g/mol. The van der Waals surface area contributed by atoms with Crippen molar-refractivity contribution in [2.24, 2.45) is 0 Å². The Kier molecular flexibility index (Phi) is 7.38. The highest BCUT2D eigenvalue weighted by Crippen LogP contribution is 2.70. The number of rotatable bonds is 6. The van der Waals surface area contributed by atoms with Crippen LogP contribution >= 0.6 is 7.44 Å². The van der Waals surface area contributed by atoms with Gasteiger partial charge in [0.25, 0.3) is 0 Å². The third kappa shape index (κ3) is 5.03. The van der Waals surface area contributed by atoms with E-state index in [1.54, 1.807) is 0 Å². The lowest BCUT2D eigenvalue weighted by Gasteiger charge is -2.33. The summed E-state index contributed by atoms with van der Waals surface area (Å²) < 4.78 is 22.4. The number of aromatic nitrogens is 1. The van der Waals surface area contributed by atoms with Crippen LogP contribution in [0.5, 0.6) is 0 Å². The standard InChI is InChI=1S/C48H34N3OP/c52-53(42-24-11-4-12-25-42)50(40-20-7-2-8-21-40)47-31-29-38(34-48(47)51(53)41-22-9-3-10-23-41)36-17-15-16-35(32-36)37-28-30-46-44(33-37)43-26-13-14-27-45(43)49(46)39-18-5-1-6-19-39/h1-34H. The van der Waals surface area contributed by atoms with Crippen molar-refractivity contribution >= 4 is 57.3 Å². The molecular formula is C48H34N3OP. The molecule has 10 rings (SSSR count). The molecule has 4 nitrogen and oxygen atoms in total. The maximum Gasteiger partial charge on any atom is 0.301 e. The Morgan fingerprint density at radius 1 is 0.340 bits per heavy atom. The molecule has 1 aromatic heterocycles. The maximum atomic E-state index is 16.0. The fourth-order valence-electron chi connectivity index (χ4n) is 7.90. The number of para-hydroxylation sites is 4. The molecule has 1 atom stereocenters. The van der Waals surface area contributed by atoms with Crippen molar-refractivity contribution in [2.45, 2.75) is 0 Å². The Morgan fingerprint density at radius 2 is 0.830 bits per heavy atom. The van der Waals surface area contributed by atoms with Gasteiger partial charge in [0, 0.05) is 27.8 Å². The van der Waals surface area contributed by atoms with Crippen molar-refractivity contribution in [3.63, 3.8) is 0 Å². The van der Waals surface area contributed by atoms with E-state index in [9.17, 15) is 0 Å². The second-order valence-electron chi connectivity index (χ2n) is 13.4. The van der Waals surface area contributed by atoms with Crippen LogP contribution in [0.3, 0.4) is 0 Å². The van der Waals surface area contributed by atoms with Crippen LogP contribution in [0.4, 0.5) is 22.7 Å². The topological polar surface area (TPSA) is 28.5 Å². The van der Waals surface area contributed by atoms with Crippen LogP contribution in [0.2, 0.25) is 0 Å². The Labute approximate surface area is 308 Å². The van der Waals surface area contributed by atoms with E-state index in [0.29, 0.717) is 0 Å². The summed E-state index contributed by atoms with van der Waals surface area (Å²) in [5, 5.41) is 3.23. The van der Waals surface area contributed by atoms with Crippen molar-refractivity contribution in [3.05, 3.63) is 206 Å². The van der Waals surface area contributed by atoms with Gasteiger partial charge in [0.2, 0.25) is 0 Å². The summed E-state index contributed by atoms with van der Waals surface area (Å²) in [4.78, 5) is 0. The summed E-state index contributed by atoms with van der Waals surface area (Å²) in [5.74, 6) is 0. The first-order chi connectivity index (χ1) is 26.2. The summed E-state index contributed by atoms with van der Waals surface area (Å²) in [7, 11) is -3.44. The Hall–Kier alpha value is -6.61. The van der Waals surface area contributed by atoms with Crippen LogP contribution in [-0.4, -0.2) is 4.57 Å². The molecule has 8 aromatic carbocycles. The van der Waals surface area contributed by atoms with E-state index in [1.165, 1.54) is 21.8 Å². The number of hydrogen-bond donors (Lipinski definition) is 0. The zero-order valence-electron chi connectivity index (χ0n) is 28.8. The normalized spacial score (nSPS) is 15.2. The SMILES string of the molecule is O=P1(c2ccccc2)N(c2ccccc2)c2ccc(-c3cccc(-c4ccc5c(c4)c4ccccc4n5-c4ccccc4)c3)cc2N1c1ccccc1. The smallest absolute Gasteiger partial charge is 0.301 e. The summed E-state index contributed by atoms with van der Waals surface area (Å²) in [5.41, 5.74) is 11.6. The second-order valence-corrected chi connectivity index (χ2v) is 15.8. The first kappa shape index (κ1) is 31.2. The zero-order chi connectivity index (χ0) is 35.4. The van der Waals surface area contributed by atoms with E-state index in [2.05, 4.69) is 124 Å². The molecule has 0 amide bonds. The number of anilines is 4. The Bertz CT molecular complexity index is 2820. The molecule has 0 N–H and O–H groups in total. The molecule has 0 aliphatic carbocycles. The van der Waals surface area contributed by atoms with E-state index in [4.69, 9.17) is 0 Å². The maximum absolute atomic E-state index is 16.0. The molecule has 0 saturated carbocycles. The fourth-order valence-corrected chi connectivity index (χ4v) is 10.9. The van der Waals surface area contributed by atoms with E-state index >= 15 is 4.57 Å². The Morgan fingerprint density at radius 3 is 1.49 bits per heavy atom. The molecule has 0 radical (unpaired) electrons. The lowest BCUT2D eigenvalue weighted by atomic mass is 9.97. The molecule has 0 bridgehead atoms. The van der Waals surface area contributed by atoms with Crippen molar-refractivity contribution in [1.82, 2.24) is 4.57 Å². The lowest BCUT2D eigenvalue weighted by molar-refractivity contribution is 0.582. The largest absolute Gasteiger partial charge is 0.309 e. The molecular weight excluding hydrogens is 666 g/mol. The molecule has 0 saturated heterocycles. The van der Waals surface area contributed by atoms with Gasteiger partial charge in [-0.3, -0.25) is 13.9 Å². The van der Waals surface area contributed by atoms with Gasteiger partial charge in [0.1, 0.15) is 0 Å². The summed E-state index contributed by atoms with van der Waals surface area (Å²) in [6.07, 6.45) is 0. The quantitative estimate of drug-likeness (QED) is 0.162. The van der Waals surface area contributed by atoms with Crippen molar-refractivity contribution in [1.29, 1.82) is 0 Å². The molecule has 1 unspecified atom stereocenters. The molecule has 2 heterocycles. The van der Waals surface area contributed by atoms with Gasteiger partial charge in [-0.2, -0.15) is 0 Å². The average Bonchev–Trinajstić information content (AvgIpc) is 3.71. The number of fused-ring (bicyclic) bond motifs is 4. The predicted octanol–water partition coefficient (Wildman–Crippen LogP) is 12.9. The van der Waals surface area contributed by atoms with Crippen molar-refractivity contribution < 1.29 is 4.57 Å². The number of nitrogens with zero attached hydrogens (tertiary/aromatic N) is 3. The number of hydrogen-bond acceptors (Lipinski definition) is 1. The van der Waals surface area contributed by atoms with E-state index in [1.807, 2.05) is 95.7 Å². The molecule has 53 heavy (non-hydrogen) atoms. The van der Waals surface area contributed by atoms with Gasteiger partial charge >= 0.3 is 7.44 Å². The van der Waals surface area contributed by atoms with Gasteiger partial charge in [0.15, 0.2) is 0 Å². The average molecular weight is 700 g/mol. The van der Waals surface area contributed by atoms with Crippen LogP contribution in [-0.2, 0) is 4.57 Å². The third-order valence-corrected chi connectivity index (χ3v) is 13.2. The highest BCUT2D eigenvalue weighted by atomic mass is 31.2. The second kappa shape index (κ2) is 12.6. The van der Waals surface area contributed by atoms with E-state index in [0.717, 1.165) is 56.0 Å². The van der Waals surface area contributed by atoms with Crippen LogP contribution in [0.25, 0.3) is 49.7 Å². The van der Waals surface area contributed by atoms with Crippen molar-refractivity contribution in [3.8, 4) is 27.9 Å². The minimum Gasteiger partial charge on any atom is -0.309 e. The molecule has 0 fully saturated rings. The highest BCUT2D eigenvalue weighted by Gasteiger charge is 2.49. The van der Waals surface area contributed by atoms with Crippen LogP contribution in [0.1, 0.15) is 0 Å². The molecule has 1 aliphatic rings. The van der Waals surface area contributed by atoms with Gasteiger partial charge in [-0.25, -0.2) is 0 Å². The highest BCUT2D eigenvalue weighted by molar-refractivity contribution is 7.76. The van der Waals surface area contributed by atoms with Gasteiger partial charge < -0.3 is 4.57 Å². The lowest BCUT2D eigenvalue weighted by Crippen LogP contribution is -2.26. The summed E-state index contributed by atoms with van der Waals surface area (Å²) >= 11 is 0. The van der Waals surface area contributed by atoms with Crippen molar-refractivity contribution in [2.75, 3.05) is 9.34 Å². The predicted molar refractivity (Wildman–Crippen MR) is 222 cm³/mol. The minimum absolute atomic E-state index is 0.775. The first-order valence-corrected chi connectivity index (χ1v) is 19.5. The van der Waals surface area contributed by atoms with E-state index in [-0.39, 0.29) is 0 Å². The van der Waals surface area contributed by atoms with Gasteiger partial charge in [-0.1, -0.05) is 121 Å². The van der Waals surface area contributed by atoms with Crippen LogP contribution < -0.4 is 14.6 Å². The summed E-state index contributed by atoms with van der Waals surface area (Å²) in [6.45, 7) is 0. The first-order valence-electron chi connectivity index (χ1n) is 17.9. The molecule has 252 valence electrons. The van der Waals surface area contributed by atoms with Gasteiger partial charge in [-0.05, 0) is 107 Å². The number of benzene rings is 8. The van der Waals surface area contributed by atoms with Gasteiger partial charge in [0.05, 0.1) is 27.7 Å². The Balaban J connectivity index is 1.12. The zero-order valence-corrected chi connectivity index (χ0v) is 29.7. The van der Waals surface area contributed by atoms with E-state index < -0.39 is 7.44 Å². The summed E-state index contributed by atoms with van der Waals surface area (Å²) in [6, 6.07) is 71.4. The molecule has 1 aliphatic heterocycles. The third-order valence-electron chi connectivity index (χ3n) is 10.3. The van der Waals surface area contributed by atoms with Crippen LogP contribution in [0.15, 0.2) is 206 Å².